The second-order valence-corrected chi connectivity index (χ2v) is 3.08. The molecule has 0 aliphatic rings. The number of carbonyl (C=O) groups is 1. The van der Waals surface area contributed by atoms with Crippen LogP contribution in [0.5, 0.6) is 0 Å². The smallest absolute Gasteiger partial charge is 0.333 e. The van der Waals surface area contributed by atoms with Crippen molar-refractivity contribution in [2.45, 2.75) is 26.7 Å². The first-order chi connectivity index (χ1) is 7.18. The Labute approximate surface area is 91.6 Å². The number of rotatable bonds is 6. The van der Waals surface area contributed by atoms with Crippen LogP contribution < -0.4 is 0 Å². The van der Waals surface area contributed by atoms with Crippen LogP contribution >= 0.6 is 0 Å². The maximum atomic E-state index is 10.9. The van der Waals surface area contributed by atoms with E-state index in [-0.39, 0.29) is 5.97 Å². The van der Waals surface area contributed by atoms with Gasteiger partial charge in [0.15, 0.2) is 0 Å². The highest BCUT2D eigenvalue weighted by Crippen LogP contribution is 1.94. The Morgan fingerprint density at radius 3 is 2.87 bits per heavy atom. The van der Waals surface area contributed by atoms with Crippen molar-refractivity contribution in [1.29, 1.82) is 0 Å². The van der Waals surface area contributed by atoms with Crippen LogP contribution in [0.2, 0.25) is 0 Å². The fraction of sp³-hybridized carbons (Fsp3) is 0.385. The highest BCUT2D eigenvalue weighted by molar-refractivity contribution is 5.86. The largest absolute Gasteiger partial charge is 0.462 e. The summed E-state index contributed by atoms with van der Waals surface area (Å²) in [5.41, 5.74) is 3.43. The predicted molar refractivity (Wildman–Crippen MR) is 62.5 cm³/mol. The molecule has 0 unspecified atom stereocenters. The van der Waals surface area contributed by atoms with Crippen molar-refractivity contribution in [3.63, 3.8) is 0 Å². The van der Waals surface area contributed by atoms with Gasteiger partial charge in [0, 0.05) is 5.57 Å². The molecular formula is C13H18O2. The highest BCUT2D eigenvalue weighted by Gasteiger charge is 2.00. The first-order valence-electron chi connectivity index (χ1n) is 5.07. The lowest BCUT2D eigenvalue weighted by Gasteiger charge is -2.00. The molecule has 0 rings (SSSR count). The quantitative estimate of drug-likeness (QED) is 0.219. The molecule has 0 aliphatic carbocycles. The van der Waals surface area contributed by atoms with E-state index in [4.69, 9.17) is 4.74 Å². The lowest BCUT2D eigenvalue weighted by molar-refractivity contribution is -0.138. The third kappa shape index (κ3) is 8.79. The van der Waals surface area contributed by atoms with E-state index in [1.165, 1.54) is 0 Å². The van der Waals surface area contributed by atoms with Crippen molar-refractivity contribution in [1.82, 2.24) is 0 Å². The predicted octanol–water partition coefficient (Wildman–Crippen LogP) is 3.17. The minimum absolute atomic E-state index is 0.329. The molecule has 0 spiro atoms. The molecule has 82 valence electrons. The summed E-state index contributed by atoms with van der Waals surface area (Å²) < 4.78 is 4.90. The zero-order valence-electron chi connectivity index (χ0n) is 9.45. The van der Waals surface area contributed by atoms with Crippen molar-refractivity contribution >= 4 is 5.97 Å². The van der Waals surface area contributed by atoms with Gasteiger partial charge in [0.2, 0.25) is 0 Å². The van der Waals surface area contributed by atoms with Crippen LogP contribution in [0.15, 0.2) is 42.2 Å². The molecule has 0 bridgehead atoms. The lowest BCUT2D eigenvalue weighted by Crippen LogP contribution is -2.05. The second-order valence-electron chi connectivity index (χ2n) is 3.08. The zero-order chi connectivity index (χ0) is 11.5. The molecule has 0 fully saturated rings. The monoisotopic (exact) mass is 206 g/mol. The fourth-order valence-corrected chi connectivity index (χ4v) is 0.749. The van der Waals surface area contributed by atoms with Crippen molar-refractivity contribution in [2.75, 3.05) is 6.61 Å². The standard InChI is InChI=1S/C13H18O2/c1-4-5-6-7-8-9-10-11-15-13(14)12(2)3/h5,7-9H,2,4,10-11H2,1,3H3. The number of hydrogen-bond acceptors (Lipinski definition) is 2. The summed E-state index contributed by atoms with van der Waals surface area (Å²) >= 11 is 0. The van der Waals surface area contributed by atoms with Crippen LogP contribution in [0.4, 0.5) is 0 Å². The van der Waals surface area contributed by atoms with E-state index >= 15 is 0 Å². The number of esters is 1. The summed E-state index contributed by atoms with van der Waals surface area (Å²) in [7, 11) is 0. The number of allylic oxidation sites excluding steroid dienone is 2. The van der Waals surface area contributed by atoms with Crippen LogP contribution in [0.3, 0.4) is 0 Å². The molecule has 2 nitrogen and oxygen atoms in total. The number of carbonyl (C=O) groups excluding carboxylic acids is 1. The van der Waals surface area contributed by atoms with Crippen LogP contribution in [-0.2, 0) is 9.53 Å². The Morgan fingerprint density at radius 2 is 2.27 bits per heavy atom. The summed E-state index contributed by atoms with van der Waals surface area (Å²) in [5, 5.41) is 0. The lowest BCUT2D eigenvalue weighted by atomic mass is 10.3. The third-order valence-electron chi connectivity index (χ3n) is 1.52. The van der Waals surface area contributed by atoms with Crippen LogP contribution in [0, 0.1) is 0 Å². The van der Waals surface area contributed by atoms with Gasteiger partial charge in [-0.25, -0.2) is 4.79 Å². The summed E-state index contributed by atoms with van der Waals surface area (Å²) in [6.45, 7) is 7.58. The normalized spacial score (nSPS) is 9.47. The second kappa shape index (κ2) is 9.04. The molecule has 0 heterocycles. The minimum Gasteiger partial charge on any atom is -0.462 e. The van der Waals surface area contributed by atoms with Gasteiger partial charge in [-0.2, -0.15) is 0 Å². The molecule has 0 saturated carbocycles. The first-order valence-corrected chi connectivity index (χ1v) is 5.07. The fourth-order valence-electron chi connectivity index (χ4n) is 0.749. The van der Waals surface area contributed by atoms with Crippen LogP contribution in [0.25, 0.3) is 0 Å². The molecule has 0 aromatic rings. The van der Waals surface area contributed by atoms with Gasteiger partial charge in [0.05, 0.1) is 6.61 Å². The molecule has 0 saturated heterocycles. The van der Waals surface area contributed by atoms with E-state index in [2.05, 4.69) is 19.2 Å². The molecule has 0 aliphatic heterocycles. The summed E-state index contributed by atoms with van der Waals surface area (Å²) in [6.07, 6.45) is 9.31. The van der Waals surface area contributed by atoms with Gasteiger partial charge in [-0.15, -0.1) is 5.73 Å². The Bertz CT molecular complexity index is 292. The van der Waals surface area contributed by atoms with Crippen molar-refractivity contribution in [3.8, 4) is 0 Å². The molecular weight excluding hydrogens is 188 g/mol. The summed E-state index contributed by atoms with van der Waals surface area (Å²) in [5.74, 6) is -0.329. The van der Waals surface area contributed by atoms with E-state index < -0.39 is 0 Å². The van der Waals surface area contributed by atoms with E-state index in [0.29, 0.717) is 18.6 Å². The Morgan fingerprint density at radius 1 is 1.53 bits per heavy atom. The molecule has 0 aromatic heterocycles. The van der Waals surface area contributed by atoms with E-state index in [1.54, 1.807) is 6.92 Å². The van der Waals surface area contributed by atoms with Crippen molar-refractivity contribution < 1.29 is 9.53 Å². The minimum atomic E-state index is -0.329. The van der Waals surface area contributed by atoms with Gasteiger partial charge >= 0.3 is 5.97 Å². The van der Waals surface area contributed by atoms with Gasteiger partial charge in [-0.3, -0.25) is 0 Å². The van der Waals surface area contributed by atoms with Gasteiger partial charge in [-0.05, 0) is 31.9 Å². The van der Waals surface area contributed by atoms with Gasteiger partial charge in [0.1, 0.15) is 0 Å². The third-order valence-corrected chi connectivity index (χ3v) is 1.52. The average Bonchev–Trinajstić information content (AvgIpc) is 2.21. The molecule has 15 heavy (non-hydrogen) atoms. The zero-order valence-corrected chi connectivity index (χ0v) is 9.45. The van der Waals surface area contributed by atoms with Gasteiger partial charge in [-0.1, -0.05) is 25.7 Å². The highest BCUT2D eigenvalue weighted by atomic mass is 16.5. The van der Waals surface area contributed by atoms with Crippen LogP contribution in [-0.4, -0.2) is 12.6 Å². The topological polar surface area (TPSA) is 26.3 Å². The van der Waals surface area contributed by atoms with E-state index in [1.807, 2.05) is 24.3 Å². The van der Waals surface area contributed by atoms with Gasteiger partial charge < -0.3 is 4.74 Å². The molecule has 0 atom stereocenters. The van der Waals surface area contributed by atoms with Crippen LogP contribution in [0.1, 0.15) is 26.7 Å². The molecule has 0 amide bonds. The SMILES string of the molecule is C=C(C)C(=O)OCCC=CC=C=CCC. The Balaban J connectivity index is 3.59. The van der Waals surface area contributed by atoms with E-state index in [9.17, 15) is 4.79 Å². The molecule has 0 aromatic carbocycles. The maximum absolute atomic E-state index is 10.9. The van der Waals surface area contributed by atoms with Gasteiger partial charge in [0.25, 0.3) is 0 Å². The van der Waals surface area contributed by atoms with E-state index in [0.717, 1.165) is 6.42 Å². The van der Waals surface area contributed by atoms with Crippen molar-refractivity contribution in [3.05, 3.63) is 42.2 Å². The molecule has 2 heteroatoms. The maximum Gasteiger partial charge on any atom is 0.333 e. The molecule has 0 N–H and O–H groups in total. The summed E-state index contributed by atoms with van der Waals surface area (Å²) in [6, 6.07) is 0. The Hall–Kier alpha value is -1.53. The van der Waals surface area contributed by atoms with Crippen molar-refractivity contribution in [2.24, 2.45) is 0 Å². The molecule has 0 radical (unpaired) electrons. The first kappa shape index (κ1) is 13.5. The Kier molecular flexibility index (Phi) is 8.12. The number of ether oxygens (including phenoxy) is 1. The number of hydrogen-bond donors (Lipinski definition) is 0. The average molecular weight is 206 g/mol. The summed E-state index contributed by atoms with van der Waals surface area (Å²) in [4.78, 5) is 10.9.